The van der Waals surface area contributed by atoms with Gasteiger partial charge in [-0.1, -0.05) is 133 Å². The first-order chi connectivity index (χ1) is 24.8. The van der Waals surface area contributed by atoms with Crippen molar-refractivity contribution in [2.75, 3.05) is 5.32 Å². The number of anilines is 2. The molecule has 0 atom stereocenters. The Labute approximate surface area is 292 Å². The van der Waals surface area contributed by atoms with Gasteiger partial charge in [-0.2, -0.15) is 0 Å². The highest BCUT2D eigenvalue weighted by Crippen LogP contribution is 2.39. The van der Waals surface area contributed by atoms with Crippen LogP contribution in [0.5, 0.6) is 0 Å². The van der Waals surface area contributed by atoms with E-state index in [1.54, 1.807) is 0 Å². The van der Waals surface area contributed by atoms with E-state index in [9.17, 15) is 0 Å². The van der Waals surface area contributed by atoms with Crippen molar-refractivity contribution >= 4 is 33.2 Å². The van der Waals surface area contributed by atoms with Crippen LogP contribution in [0, 0.1) is 0 Å². The Morgan fingerprint density at radius 1 is 0.320 bits per heavy atom. The summed E-state index contributed by atoms with van der Waals surface area (Å²) in [5.41, 5.74) is 15.2. The zero-order chi connectivity index (χ0) is 33.3. The molecule has 0 radical (unpaired) electrons. The second-order valence-corrected chi connectivity index (χ2v) is 12.7. The van der Waals surface area contributed by atoms with Gasteiger partial charge >= 0.3 is 0 Å². The molecular formula is C48H34N2. The molecule has 50 heavy (non-hydrogen) atoms. The smallest absolute Gasteiger partial charge is 0.0541 e. The van der Waals surface area contributed by atoms with Crippen molar-refractivity contribution in [2.45, 2.75) is 0 Å². The van der Waals surface area contributed by atoms with Gasteiger partial charge in [0, 0.05) is 33.4 Å². The summed E-state index contributed by atoms with van der Waals surface area (Å²) in [6.45, 7) is 0. The number of nitrogens with zero attached hydrogens (tertiary/aromatic N) is 1. The first-order valence-corrected chi connectivity index (χ1v) is 17.1. The Kier molecular flexibility index (Phi) is 7.53. The van der Waals surface area contributed by atoms with Crippen LogP contribution in [0.3, 0.4) is 0 Å². The summed E-state index contributed by atoms with van der Waals surface area (Å²) in [4.78, 5) is 0. The molecule has 9 rings (SSSR count). The first kappa shape index (κ1) is 29.5. The topological polar surface area (TPSA) is 17.0 Å². The predicted octanol–water partition coefficient (Wildman–Crippen LogP) is 13.2. The van der Waals surface area contributed by atoms with Crippen LogP contribution >= 0.6 is 0 Å². The van der Waals surface area contributed by atoms with Gasteiger partial charge in [0.25, 0.3) is 0 Å². The van der Waals surface area contributed by atoms with E-state index < -0.39 is 0 Å². The summed E-state index contributed by atoms with van der Waals surface area (Å²) in [6, 6.07) is 71.7. The monoisotopic (exact) mass is 638 g/mol. The van der Waals surface area contributed by atoms with E-state index >= 15 is 0 Å². The Balaban J connectivity index is 1.17. The summed E-state index contributed by atoms with van der Waals surface area (Å²) in [5.74, 6) is 0. The van der Waals surface area contributed by atoms with Crippen LogP contribution < -0.4 is 5.32 Å². The molecule has 0 bridgehead atoms. The summed E-state index contributed by atoms with van der Waals surface area (Å²) < 4.78 is 2.37. The molecule has 1 heterocycles. The van der Waals surface area contributed by atoms with Crippen molar-refractivity contribution in [3.05, 3.63) is 200 Å². The number of fused-ring (bicyclic) bond motifs is 3. The quantitative estimate of drug-likeness (QED) is 0.184. The summed E-state index contributed by atoms with van der Waals surface area (Å²) in [7, 11) is 0. The van der Waals surface area contributed by atoms with Crippen LogP contribution in [-0.2, 0) is 0 Å². The Morgan fingerprint density at radius 2 is 0.840 bits per heavy atom. The minimum Gasteiger partial charge on any atom is -0.355 e. The maximum Gasteiger partial charge on any atom is 0.0541 e. The van der Waals surface area contributed by atoms with Crippen molar-refractivity contribution in [3.63, 3.8) is 0 Å². The third-order valence-electron chi connectivity index (χ3n) is 9.57. The molecule has 0 aliphatic heterocycles. The fraction of sp³-hybridized carbons (Fsp3) is 0. The third-order valence-corrected chi connectivity index (χ3v) is 9.57. The third kappa shape index (κ3) is 5.53. The lowest BCUT2D eigenvalue weighted by Crippen LogP contribution is -1.95. The lowest BCUT2D eigenvalue weighted by molar-refractivity contribution is 1.18. The van der Waals surface area contributed by atoms with Crippen LogP contribution in [0.2, 0.25) is 0 Å². The van der Waals surface area contributed by atoms with Crippen LogP contribution in [0.1, 0.15) is 0 Å². The number of hydrogen-bond donors (Lipinski definition) is 1. The van der Waals surface area contributed by atoms with Gasteiger partial charge in [0.2, 0.25) is 0 Å². The average Bonchev–Trinajstić information content (AvgIpc) is 3.53. The van der Waals surface area contributed by atoms with Gasteiger partial charge in [0.1, 0.15) is 0 Å². The molecule has 9 aromatic rings. The van der Waals surface area contributed by atoms with E-state index in [0.717, 1.165) is 22.5 Å². The number of benzene rings is 8. The molecule has 0 fully saturated rings. The summed E-state index contributed by atoms with van der Waals surface area (Å²) >= 11 is 0. The molecule has 0 unspecified atom stereocenters. The van der Waals surface area contributed by atoms with E-state index in [2.05, 4.69) is 204 Å². The van der Waals surface area contributed by atoms with E-state index in [4.69, 9.17) is 0 Å². The molecule has 1 N–H and O–H groups in total. The molecule has 2 heteroatoms. The predicted molar refractivity (Wildman–Crippen MR) is 212 cm³/mol. The second-order valence-electron chi connectivity index (χ2n) is 12.7. The maximum atomic E-state index is 3.71. The van der Waals surface area contributed by atoms with E-state index in [1.165, 1.54) is 60.9 Å². The van der Waals surface area contributed by atoms with Crippen LogP contribution in [0.4, 0.5) is 11.4 Å². The minimum absolute atomic E-state index is 1.06. The van der Waals surface area contributed by atoms with Gasteiger partial charge < -0.3 is 9.88 Å². The van der Waals surface area contributed by atoms with Crippen molar-refractivity contribution in [1.29, 1.82) is 0 Å². The van der Waals surface area contributed by atoms with E-state index in [-0.39, 0.29) is 0 Å². The zero-order valence-electron chi connectivity index (χ0n) is 27.5. The van der Waals surface area contributed by atoms with E-state index in [0.29, 0.717) is 0 Å². The van der Waals surface area contributed by atoms with Crippen LogP contribution in [-0.4, -0.2) is 4.57 Å². The normalized spacial score (nSPS) is 11.2. The molecule has 0 saturated carbocycles. The lowest BCUT2D eigenvalue weighted by atomic mass is 9.93. The number of aromatic nitrogens is 1. The van der Waals surface area contributed by atoms with Crippen LogP contribution in [0.15, 0.2) is 200 Å². The van der Waals surface area contributed by atoms with Gasteiger partial charge in [-0.3, -0.25) is 0 Å². The zero-order valence-corrected chi connectivity index (χ0v) is 27.5. The highest BCUT2D eigenvalue weighted by molar-refractivity contribution is 6.10. The molecule has 236 valence electrons. The van der Waals surface area contributed by atoms with Crippen molar-refractivity contribution in [1.82, 2.24) is 4.57 Å². The lowest BCUT2D eigenvalue weighted by Gasteiger charge is -2.16. The van der Waals surface area contributed by atoms with Gasteiger partial charge in [-0.25, -0.2) is 0 Å². The molecule has 0 spiro atoms. The molecule has 2 nitrogen and oxygen atoms in total. The summed E-state index contributed by atoms with van der Waals surface area (Å²) in [6.07, 6.45) is 0. The Morgan fingerprint density at radius 3 is 1.60 bits per heavy atom. The van der Waals surface area contributed by atoms with Crippen molar-refractivity contribution < 1.29 is 0 Å². The molecule has 8 aromatic carbocycles. The average molecular weight is 639 g/mol. The van der Waals surface area contributed by atoms with Crippen molar-refractivity contribution in [2.24, 2.45) is 0 Å². The molecular weight excluding hydrogens is 605 g/mol. The minimum atomic E-state index is 1.06. The van der Waals surface area contributed by atoms with Crippen molar-refractivity contribution in [3.8, 4) is 50.2 Å². The summed E-state index contributed by atoms with van der Waals surface area (Å²) in [5, 5.41) is 6.21. The number of nitrogens with one attached hydrogen (secondary N) is 1. The Hall–Kier alpha value is -6.64. The number of rotatable bonds is 7. The standard InChI is InChI=1S/C48H34N2/c1-4-14-34(15-5-1)35-16-12-17-36(30-35)37-18-13-19-40(31-37)44-32-38(26-28-46(44)49-41-20-6-2-7-21-41)39-27-29-48-45(33-39)43-24-10-11-25-47(43)50(48)42-22-8-3-9-23-42/h1-33,49H. The van der Waals surface area contributed by atoms with Crippen LogP contribution in [0.25, 0.3) is 72.0 Å². The highest BCUT2D eigenvalue weighted by Gasteiger charge is 2.15. The SMILES string of the molecule is c1ccc(Nc2ccc(-c3ccc4c(c3)c3ccccc3n4-c3ccccc3)cc2-c2cccc(-c3cccc(-c4ccccc4)c3)c2)cc1. The second kappa shape index (κ2) is 12.8. The largest absolute Gasteiger partial charge is 0.355 e. The fourth-order valence-electron chi connectivity index (χ4n) is 7.13. The Bertz CT molecular complexity index is 2600. The van der Waals surface area contributed by atoms with Gasteiger partial charge in [0.05, 0.1) is 11.0 Å². The van der Waals surface area contributed by atoms with Gasteiger partial charge in [-0.05, 0) is 106 Å². The number of para-hydroxylation sites is 3. The fourth-order valence-corrected chi connectivity index (χ4v) is 7.13. The highest BCUT2D eigenvalue weighted by atomic mass is 15.0. The molecule has 0 saturated heterocycles. The van der Waals surface area contributed by atoms with Gasteiger partial charge in [0.15, 0.2) is 0 Å². The molecule has 0 aliphatic rings. The first-order valence-electron chi connectivity index (χ1n) is 17.1. The number of hydrogen-bond acceptors (Lipinski definition) is 1. The molecule has 1 aromatic heterocycles. The van der Waals surface area contributed by atoms with E-state index in [1.807, 2.05) is 6.07 Å². The molecule has 0 aliphatic carbocycles. The molecule has 0 amide bonds. The maximum absolute atomic E-state index is 3.71. The van der Waals surface area contributed by atoms with Gasteiger partial charge in [-0.15, -0.1) is 0 Å².